The van der Waals surface area contributed by atoms with Crippen molar-refractivity contribution in [2.75, 3.05) is 0 Å². The van der Waals surface area contributed by atoms with E-state index in [4.69, 9.17) is 23.2 Å². The van der Waals surface area contributed by atoms with Gasteiger partial charge in [-0.25, -0.2) is 18.8 Å². The SMILES string of the molecule is C/C=C/N=C(Cl)/C(F)=C/n1c(C)nc(C2C(c3cncc(F)c3)[C@H]2C)c(Cl)c1=O. The minimum Gasteiger partial charge on any atom is -0.267 e. The summed E-state index contributed by atoms with van der Waals surface area (Å²) in [6, 6.07) is 1.42. The Kier molecular flexibility index (Phi) is 6.29. The van der Waals surface area contributed by atoms with Crippen molar-refractivity contribution in [2.45, 2.75) is 32.6 Å². The summed E-state index contributed by atoms with van der Waals surface area (Å²) in [5.41, 5.74) is 0.518. The van der Waals surface area contributed by atoms with Gasteiger partial charge in [0.2, 0.25) is 0 Å². The van der Waals surface area contributed by atoms with Gasteiger partial charge in [-0.15, -0.1) is 0 Å². The first-order valence-electron chi connectivity index (χ1n) is 8.87. The molecule has 3 rings (SSSR count). The molecule has 2 heterocycles. The Morgan fingerprint density at radius 3 is 2.72 bits per heavy atom. The predicted molar refractivity (Wildman–Crippen MR) is 111 cm³/mol. The van der Waals surface area contributed by atoms with Crippen LogP contribution in [-0.2, 0) is 0 Å². The van der Waals surface area contributed by atoms with Gasteiger partial charge in [0.25, 0.3) is 5.56 Å². The number of hydrogen-bond acceptors (Lipinski definition) is 4. The van der Waals surface area contributed by atoms with Gasteiger partial charge < -0.3 is 0 Å². The number of nitrogens with zero attached hydrogens (tertiary/aromatic N) is 4. The highest BCUT2D eigenvalue weighted by Gasteiger charge is 2.51. The Bertz CT molecular complexity index is 1090. The van der Waals surface area contributed by atoms with E-state index in [0.717, 1.165) is 22.5 Å². The molecule has 0 N–H and O–H groups in total. The second-order valence-corrected chi connectivity index (χ2v) is 7.50. The summed E-state index contributed by atoms with van der Waals surface area (Å²) < 4.78 is 28.7. The minimum atomic E-state index is -0.899. The summed E-state index contributed by atoms with van der Waals surface area (Å²) in [5.74, 6) is -1.18. The lowest BCUT2D eigenvalue weighted by molar-refractivity contribution is 0.618. The van der Waals surface area contributed by atoms with Crippen molar-refractivity contribution in [3.63, 3.8) is 0 Å². The Morgan fingerprint density at radius 1 is 1.34 bits per heavy atom. The third-order valence-corrected chi connectivity index (χ3v) is 5.48. The van der Waals surface area contributed by atoms with Crippen LogP contribution in [0.25, 0.3) is 6.20 Å². The molecule has 1 saturated carbocycles. The standard InChI is InChI=1S/C20H18Cl2F2N4O/c1-4-5-26-19(22)14(24)9-28-11(3)27-18(17(21)20(28)29)16-10(2)15(16)12-6-13(23)8-25-7-12/h4-10,15-16H,1-3H3/b5-4+,14-9-,26-19-/t10-,15?,16?/m1/s1. The summed E-state index contributed by atoms with van der Waals surface area (Å²) in [5, 5.41) is -0.506. The van der Waals surface area contributed by atoms with Crippen LogP contribution in [0.4, 0.5) is 8.78 Å². The zero-order chi connectivity index (χ0) is 21.3. The Hall–Kier alpha value is -2.38. The summed E-state index contributed by atoms with van der Waals surface area (Å²) in [7, 11) is 0. The molecule has 2 aromatic rings. The summed E-state index contributed by atoms with van der Waals surface area (Å²) in [6.07, 6.45) is 6.54. The molecule has 29 heavy (non-hydrogen) atoms. The molecule has 152 valence electrons. The van der Waals surface area contributed by atoms with E-state index >= 15 is 0 Å². The second-order valence-electron chi connectivity index (χ2n) is 6.76. The van der Waals surface area contributed by atoms with Crippen LogP contribution in [0, 0.1) is 18.7 Å². The van der Waals surface area contributed by atoms with E-state index < -0.39 is 22.4 Å². The molecule has 0 saturated heterocycles. The minimum absolute atomic E-state index is 0.0486. The van der Waals surface area contributed by atoms with Crippen molar-refractivity contribution in [1.82, 2.24) is 14.5 Å². The molecule has 1 aliphatic carbocycles. The number of aliphatic imine (C=N–C) groups is 1. The maximum atomic E-state index is 14.2. The maximum Gasteiger partial charge on any atom is 0.276 e. The molecule has 1 fully saturated rings. The van der Waals surface area contributed by atoms with E-state index in [0.29, 0.717) is 5.69 Å². The van der Waals surface area contributed by atoms with Crippen molar-refractivity contribution >= 4 is 34.6 Å². The summed E-state index contributed by atoms with van der Waals surface area (Å²) >= 11 is 12.1. The van der Waals surface area contributed by atoms with Crippen molar-refractivity contribution < 1.29 is 8.78 Å². The van der Waals surface area contributed by atoms with Crippen LogP contribution in [0.5, 0.6) is 0 Å². The Morgan fingerprint density at radius 2 is 2.07 bits per heavy atom. The van der Waals surface area contributed by atoms with E-state index in [-0.39, 0.29) is 28.6 Å². The van der Waals surface area contributed by atoms with E-state index in [1.54, 1.807) is 26.1 Å². The average Bonchev–Trinajstić information content (AvgIpc) is 3.36. The van der Waals surface area contributed by atoms with Crippen LogP contribution in [0.2, 0.25) is 5.02 Å². The lowest BCUT2D eigenvalue weighted by Crippen LogP contribution is -2.22. The fourth-order valence-electron chi connectivity index (χ4n) is 3.38. The fourth-order valence-corrected chi connectivity index (χ4v) is 3.75. The number of aromatic nitrogens is 3. The lowest BCUT2D eigenvalue weighted by Gasteiger charge is -2.09. The van der Waals surface area contributed by atoms with E-state index in [2.05, 4.69) is 15.0 Å². The van der Waals surface area contributed by atoms with Crippen molar-refractivity contribution in [3.8, 4) is 0 Å². The smallest absolute Gasteiger partial charge is 0.267 e. The van der Waals surface area contributed by atoms with Gasteiger partial charge in [0.05, 0.1) is 18.1 Å². The molecule has 3 atom stereocenters. The second kappa shape index (κ2) is 8.55. The highest BCUT2D eigenvalue weighted by molar-refractivity contribution is 6.69. The lowest BCUT2D eigenvalue weighted by atomic mass is 10.1. The topological polar surface area (TPSA) is 60.1 Å². The molecule has 0 bridgehead atoms. The number of hydrogen-bond donors (Lipinski definition) is 0. The quantitative estimate of drug-likeness (QED) is 0.603. The summed E-state index contributed by atoms with van der Waals surface area (Å²) in [4.78, 5) is 24.7. The number of aryl methyl sites for hydroxylation is 1. The molecule has 1 aliphatic rings. The average molecular weight is 439 g/mol. The normalized spacial score (nSPS) is 22.4. The molecule has 0 spiro atoms. The molecule has 2 unspecified atom stereocenters. The number of allylic oxidation sites excluding steroid dienone is 2. The van der Waals surface area contributed by atoms with Crippen molar-refractivity contribution in [1.29, 1.82) is 0 Å². The highest BCUT2D eigenvalue weighted by Crippen LogP contribution is 2.60. The van der Waals surface area contributed by atoms with E-state index in [1.807, 2.05) is 6.92 Å². The number of pyridine rings is 1. The van der Waals surface area contributed by atoms with Crippen LogP contribution in [-0.4, -0.2) is 19.7 Å². The van der Waals surface area contributed by atoms with Gasteiger partial charge in [-0.05, 0) is 37.3 Å². The molecular weight excluding hydrogens is 421 g/mol. The predicted octanol–water partition coefficient (Wildman–Crippen LogP) is 5.20. The van der Waals surface area contributed by atoms with Gasteiger partial charge in [0.15, 0.2) is 11.0 Å². The van der Waals surface area contributed by atoms with Crippen LogP contribution < -0.4 is 5.56 Å². The van der Waals surface area contributed by atoms with Gasteiger partial charge in [-0.3, -0.25) is 14.3 Å². The molecular formula is C20H18Cl2F2N4O. The fraction of sp³-hybridized carbons (Fsp3) is 0.300. The largest absolute Gasteiger partial charge is 0.276 e. The van der Waals surface area contributed by atoms with Crippen molar-refractivity contribution in [2.24, 2.45) is 10.9 Å². The van der Waals surface area contributed by atoms with Gasteiger partial charge >= 0.3 is 0 Å². The van der Waals surface area contributed by atoms with Gasteiger partial charge in [-0.1, -0.05) is 36.2 Å². The molecule has 0 aromatic carbocycles. The third-order valence-electron chi connectivity index (χ3n) is 4.84. The monoisotopic (exact) mass is 438 g/mol. The van der Waals surface area contributed by atoms with Gasteiger partial charge in [-0.2, -0.15) is 0 Å². The maximum absolute atomic E-state index is 14.2. The van der Waals surface area contributed by atoms with Crippen LogP contribution in [0.1, 0.15) is 42.8 Å². The third kappa shape index (κ3) is 4.31. The summed E-state index contributed by atoms with van der Waals surface area (Å²) in [6.45, 7) is 5.24. The number of halogens is 4. The molecule has 2 aromatic heterocycles. The molecule has 0 aliphatic heterocycles. The van der Waals surface area contributed by atoms with E-state index in [9.17, 15) is 13.6 Å². The first kappa shape index (κ1) is 21.3. The highest BCUT2D eigenvalue weighted by atomic mass is 35.5. The zero-order valence-corrected chi connectivity index (χ0v) is 17.4. The van der Waals surface area contributed by atoms with Gasteiger partial charge in [0.1, 0.15) is 16.7 Å². The zero-order valence-electron chi connectivity index (χ0n) is 15.9. The first-order valence-corrected chi connectivity index (χ1v) is 9.63. The molecule has 0 radical (unpaired) electrons. The van der Waals surface area contributed by atoms with Gasteiger partial charge in [0, 0.05) is 18.3 Å². The first-order chi connectivity index (χ1) is 13.8. The van der Waals surface area contributed by atoms with Crippen LogP contribution in [0.15, 0.2) is 46.3 Å². The molecule has 9 heteroatoms. The number of rotatable bonds is 5. The van der Waals surface area contributed by atoms with Crippen molar-refractivity contribution in [3.05, 3.63) is 74.8 Å². The molecule has 0 amide bonds. The Labute approximate surface area is 176 Å². The van der Waals surface area contributed by atoms with Crippen LogP contribution >= 0.6 is 23.2 Å². The van der Waals surface area contributed by atoms with Crippen LogP contribution in [0.3, 0.4) is 0 Å². The molecule has 5 nitrogen and oxygen atoms in total. The Balaban J connectivity index is 1.98. The van der Waals surface area contributed by atoms with E-state index in [1.165, 1.54) is 12.3 Å².